The number of unbranched alkanes of at least 4 members (excludes halogenated alkanes) is 8. The predicted molar refractivity (Wildman–Crippen MR) is 347 cm³/mol. The van der Waals surface area contributed by atoms with Crippen LogP contribution < -0.4 is 0 Å². The number of carbonyl (C=O) groups excluding carboxylic acids is 8. The van der Waals surface area contributed by atoms with Gasteiger partial charge < -0.3 is 57.5 Å². The van der Waals surface area contributed by atoms with E-state index in [-0.39, 0.29) is 123 Å². The first-order chi connectivity index (χ1) is 41.5. The van der Waals surface area contributed by atoms with Gasteiger partial charge in [-0.05, 0) is 115 Å². The second-order valence-corrected chi connectivity index (χ2v) is 27.3. The first kappa shape index (κ1) is 81.0. The lowest BCUT2D eigenvalue weighted by Crippen LogP contribution is -2.47. The van der Waals surface area contributed by atoms with E-state index in [0.29, 0.717) is 39.3 Å². The zero-order valence-corrected chi connectivity index (χ0v) is 57.2. The summed E-state index contributed by atoms with van der Waals surface area (Å²) in [5, 5.41) is -1.17. The molecule has 0 aromatic rings. The SMILES string of the molecule is CCCCCSC(C)C(=O)OCCOC(=O)CCN(CCCN1CCN(CCCN(CCC(=O)OCCOC(=O)C(C)SCCCCC)CCC(=O)OCCOC(=O)C(C)SCCCCC)CC1)CCC(=O)OCCOC(=O)C(C)SCCCCC. The van der Waals surface area contributed by atoms with E-state index in [1.165, 1.54) is 0 Å². The highest BCUT2D eigenvalue weighted by atomic mass is 32.2. The largest absolute Gasteiger partial charge is 0.462 e. The number of hydrogen-bond donors (Lipinski definition) is 0. The van der Waals surface area contributed by atoms with Gasteiger partial charge in [0.25, 0.3) is 0 Å². The number of esters is 8. The molecule has 0 saturated carbocycles. The van der Waals surface area contributed by atoms with Crippen LogP contribution in [0.1, 0.15) is 171 Å². The van der Waals surface area contributed by atoms with Crippen LogP contribution in [0.2, 0.25) is 0 Å². The zero-order valence-electron chi connectivity index (χ0n) is 54.0. The molecular weight excluding hydrogens is 1180 g/mol. The van der Waals surface area contributed by atoms with E-state index in [0.717, 1.165) is 152 Å². The molecule has 1 aliphatic rings. The normalized spacial score (nSPS) is 14.3. The average molecular weight is 1300 g/mol. The lowest BCUT2D eigenvalue weighted by molar-refractivity contribution is -0.152. The number of piperazine rings is 1. The quantitative estimate of drug-likeness (QED) is 0.0314. The molecule has 1 saturated heterocycles. The number of thioether (sulfide) groups is 4. The van der Waals surface area contributed by atoms with Crippen LogP contribution in [0, 0.1) is 0 Å². The summed E-state index contributed by atoms with van der Waals surface area (Å²) < 4.78 is 43.0. The summed E-state index contributed by atoms with van der Waals surface area (Å²) in [6, 6.07) is 0. The maximum absolute atomic E-state index is 12.8. The number of ether oxygens (including phenoxy) is 8. The van der Waals surface area contributed by atoms with E-state index >= 15 is 0 Å². The van der Waals surface area contributed by atoms with Gasteiger partial charge in [0.2, 0.25) is 0 Å². The molecule has 4 unspecified atom stereocenters. The Morgan fingerprint density at radius 3 is 0.767 bits per heavy atom. The van der Waals surface area contributed by atoms with E-state index in [2.05, 4.69) is 47.3 Å². The van der Waals surface area contributed by atoms with E-state index in [1.807, 2.05) is 27.7 Å². The van der Waals surface area contributed by atoms with E-state index in [4.69, 9.17) is 37.9 Å². The van der Waals surface area contributed by atoms with Gasteiger partial charge in [-0.25, -0.2) is 0 Å². The molecule has 0 spiro atoms. The van der Waals surface area contributed by atoms with Crippen LogP contribution in [0.25, 0.3) is 0 Å². The van der Waals surface area contributed by atoms with Crippen molar-refractivity contribution in [1.82, 2.24) is 19.6 Å². The number of hydrogen-bond acceptors (Lipinski definition) is 24. The molecule has 4 atom stereocenters. The van der Waals surface area contributed by atoms with E-state index in [1.54, 1.807) is 47.0 Å². The van der Waals surface area contributed by atoms with Gasteiger partial charge in [-0.15, -0.1) is 47.0 Å². The highest BCUT2D eigenvalue weighted by Gasteiger charge is 2.22. The monoisotopic (exact) mass is 1300 g/mol. The van der Waals surface area contributed by atoms with Gasteiger partial charge in [0.15, 0.2) is 0 Å². The molecule has 0 amide bonds. The average Bonchev–Trinajstić information content (AvgIpc) is 3.67. The fraction of sp³-hybridized carbons (Fsp3) is 0.871. The minimum absolute atomic E-state index is 0.0169. The van der Waals surface area contributed by atoms with Gasteiger partial charge in [-0.2, -0.15) is 0 Å². The van der Waals surface area contributed by atoms with Crippen molar-refractivity contribution in [3.8, 4) is 0 Å². The van der Waals surface area contributed by atoms with Crippen molar-refractivity contribution in [3.63, 3.8) is 0 Å². The Bertz CT molecular complexity index is 1590. The van der Waals surface area contributed by atoms with Crippen molar-refractivity contribution in [2.45, 2.75) is 192 Å². The van der Waals surface area contributed by atoms with Gasteiger partial charge in [-0.3, -0.25) is 38.4 Å². The summed E-state index contributed by atoms with van der Waals surface area (Å²) in [5.41, 5.74) is 0. The first-order valence-corrected chi connectivity index (χ1v) is 36.4. The Balaban J connectivity index is 2.74. The second kappa shape index (κ2) is 54.9. The fourth-order valence-electron chi connectivity index (χ4n) is 8.61. The molecule has 24 heteroatoms. The first-order valence-electron chi connectivity index (χ1n) is 32.2. The number of nitrogens with zero attached hydrogens (tertiary/aromatic N) is 4. The highest BCUT2D eigenvalue weighted by molar-refractivity contribution is 8.01. The van der Waals surface area contributed by atoms with Crippen molar-refractivity contribution < 1.29 is 76.3 Å². The third-order valence-corrected chi connectivity index (χ3v) is 18.9. The molecule has 1 fully saturated rings. The van der Waals surface area contributed by atoms with E-state index in [9.17, 15) is 38.4 Å². The van der Waals surface area contributed by atoms with Gasteiger partial charge in [-0.1, -0.05) is 79.1 Å². The lowest BCUT2D eigenvalue weighted by atomic mass is 10.2. The topological polar surface area (TPSA) is 223 Å². The highest BCUT2D eigenvalue weighted by Crippen LogP contribution is 2.18. The van der Waals surface area contributed by atoms with Crippen LogP contribution in [0.3, 0.4) is 0 Å². The molecule has 0 aromatic carbocycles. The van der Waals surface area contributed by atoms with E-state index < -0.39 is 23.9 Å². The Morgan fingerprint density at radius 1 is 0.326 bits per heavy atom. The molecule has 0 radical (unpaired) electrons. The summed E-state index contributed by atoms with van der Waals surface area (Å²) in [5.74, 6) is 0.561. The summed E-state index contributed by atoms with van der Waals surface area (Å²) in [6.45, 7) is 23.4. The molecule has 1 rings (SSSR count). The lowest BCUT2D eigenvalue weighted by Gasteiger charge is -2.35. The molecule has 0 aliphatic carbocycles. The summed E-state index contributed by atoms with van der Waals surface area (Å²) in [4.78, 5) is 110. The molecular formula is C62H112N4O16S4. The van der Waals surface area contributed by atoms with Crippen LogP contribution in [-0.2, 0) is 76.3 Å². The van der Waals surface area contributed by atoms with Crippen molar-refractivity contribution in [1.29, 1.82) is 0 Å². The van der Waals surface area contributed by atoms with Crippen molar-refractivity contribution in [2.75, 3.05) is 154 Å². The van der Waals surface area contributed by atoms with Crippen molar-refractivity contribution in [2.24, 2.45) is 0 Å². The standard InChI is InChI=1S/C62H112N4O16S4/c1-9-13-17-47-83-51(5)59(71)79-43-39-75-55(67)23-31-63(32-24-56(68)76-40-44-80-60(72)52(6)84-48-18-14-10-2)27-21-29-65-35-37-66(38-36-65)30-22-28-64(33-25-57(69)77-41-45-81-61(73)53(7)85-49-19-15-11-3)34-26-58(70)78-42-46-82-62(74)54(8)86-50-20-16-12-4/h51-54H,9-50H2,1-8H3. The van der Waals surface area contributed by atoms with Crippen LogP contribution >= 0.6 is 47.0 Å². The van der Waals surface area contributed by atoms with Gasteiger partial charge in [0.1, 0.15) is 52.9 Å². The molecule has 1 heterocycles. The Hall–Kier alpha value is -3.00. The molecule has 86 heavy (non-hydrogen) atoms. The third-order valence-electron chi connectivity index (χ3n) is 14.0. The van der Waals surface area contributed by atoms with Crippen molar-refractivity contribution in [3.05, 3.63) is 0 Å². The van der Waals surface area contributed by atoms with Crippen LogP contribution in [0.15, 0.2) is 0 Å². The minimum atomic E-state index is -0.424. The fourth-order valence-corrected chi connectivity index (χ4v) is 12.3. The van der Waals surface area contributed by atoms with Crippen LogP contribution in [-0.4, -0.2) is 243 Å². The van der Waals surface area contributed by atoms with Crippen LogP contribution in [0.4, 0.5) is 0 Å². The summed E-state index contributed by atoms with van der Waals surface area (Å²) in [6.07, 6.45) is 15.1. The van der Waals surface area contributed by atoms with Gasteiger partial charge in [0, 0.05) is 52.4 Å². The smallest absolute Gasteiger partial charge is 0.318 e. The minimum Gasteiger partial charge on any atom is -0.462 e. The Morgan fingerprint density at radius 2 is 0.547 bits per heavy atom. The zero-order chi connectivity index (χ0) is 63.4. The van der Waals surface area contributed by atoms with Gasteiger partial charge in [0.05, 0.1) is 46.7 Å². The number of rotatable bonds is 56. The van der Waals surface area contributed by atoms with Gasteiger partial charge >= 0.3 is 47.8 Å². The summed E-state index contributed by atoms with van der Waals surface area (Å²) >= 11 is 6.25. The Labute approximate surface area is 534 Å². The second-order valence-electron chi connectivity index (χ2n) is 21.5. The molecule has 0 bridgehead atoms. The molecule has 500 valence electrons. The molecule has 1 aliphatic heterocycles. The maximum atomic E-state index is 12.8. The Kier molecular flexibility index (Phi) is 51.7. The predicted octanol–water partition coefficient (Wildman–Crippen LogP) is 9.14. The number of carbonyl (C=O) groups is 8. The molecule has 0 N–H and O–H groups in total. The third kappa shape index (κ3) is 45.3. The molecule has 0 aromatic heterocycles. The van der Waals surface area contributed by atoms with Crippen molar-refractivity contribution >= 4 is 94.8 Å². The van der Waals surface area contributed by atoms with Crippen LogP contribution in [0.5, 0.6) is 0 Å². The molecule has 20 nitrogen and oxygen atoms in total. The maximum Gasteiger partial charge on any atom is 0.318 e. The summed E-state index contributed by atoms with van der Waals surface area (Å²) in [7, 11) is 0.